The van der Waals surface area contributed by atoms with Gasteiger partial charge in [-0.15, -0.1) is 0 Å². The molecular weight excluding hydrogens is 348 g/mol. The number of carboxylic acid groups (broad SMARTS) is 2. The summed E-state index contributed by atoms with van der Waals surface area (Å²) in [6, 6.07) is 3.99. The summed E-state index contributed by atoms with van der Waals surface area (Å²) < 4.78 is 0. The normalized spacial score (nSPS) is 15.4. The van der Waals surface area contributed by atoms with Crippen LogP contribution in [0.4, 0.5) is 0 Å². The van der Waals surface area contributed by atoms with Crippen LogP contribution in [0.15, 0.2) is 30.6 Å². The number of rotatable bonds is 9. The minimum Gasteiger partial charge on any atom is -0.479 e. The number of hydrogen-bond donors (Lipinski definition) is 7. The van der Waals surface area contributed by atoms with E-state index in [0.29, 0.717) is 0 Å². The highest BCUT2D eigenvalue weighted by Gasteiger charge is 2.37. The lowest BCUT2D eigenvalue weighted by atomic mass is 10.0. The maximum absolute atomic E-state index is 10.1. The minimum absolute atomic E-state index is 1.02. The zero-order valence-electron chi connectivity index (χ0n) is 14.1. The van der Waals surface area contributed by atoms with Gasteiger partial charge in [-0.25, -0.2) is 9.59 Å². The Morgan fingerprint density at radius 2 is 1.65 bits per heavy atom. The van der Waals surface area contributed by atoms with E-state index < -0.39 is 36.4 Å². The van der Waals surface area contributed by atoms with E-state index in [1.807, 2.05) is 25.4 Å². The van der Waals surface area contributed by atoms with Crippen molar-refractivity contribution in [2.75, 3.05) is 13.6 Å². The van der Waals surface area contributed by atoms with Crippen molar-refractivity contribution in [1.82, 2.24) is 10.3 Å². The van der Waals surface area contributed by atoms with Crippen molar-refractivity contribution in [1.29, 1.82) is 0 Å². The SMILES string of the molecule is CNCC/C=C/c1cccnc1.O=C(O)[C@@H](O)[C@H](O)[C@H](O)[C@@H](O)C(=O)O. The van der Waals surface area contributed by atoms with Crippen molar-refractivity contribution in [3.05, 3.63) is 36.2 Å². The van der Waals surface area contributed by atoms with Gasteiger partial charge in [0.05, 0.1) is 0 Å². The summed E-state index contributed by atoms with van der Waals surface area (Å²) in [4.78, 5) is 24.2. The van der Waals surface area contributed by atoms with Crippen molar-refractivity contribution in [2.45, 2.75) is 30.8 Å². The van der Waals surface area contributed by atoms with E-state index in [4.69, 9.17) is 30.6 Å². The second kappa shape index (κ2) is 12.9. The molecule has 0 radical (unpaired) electrons. The number of carboxylic acids is 2. The number of aliphatic hydroxyl groups excluding tert-OH is 4. The van der Waals surface area contributed by atoms with E-state index in [9.17, 15) is 9.59 Å². The molecule has 1 heterocycles. The standard InChI is InChI=1S/C10H14N2.C6H10O8/c1-11-7-3-2-5-10-6-4-8-12-9-10;7-1(3(9)5(11)12)2(8)4(10)6(13)14/h2,4-6,8-9,11H,3,7H2,1H3;1-4,7-10H,(H,11,12)(H,13,14)/b5-2+;/t;1-,2+,3+,4-. The molecule has 10 nitrogen and oxygen atoms in total. The van der Waals surface area contributed by atoms with E-state index in [-0.39, 0.29) is 0 Å². The molecule has 1 aromatic rings. The Bertz CT molecular complexity index is 543. The average Bonchev–Trinajstić information content (AvgIpc) is 2.64. The van der Waals surface area contributed by atoms with Crippen molar-refractivity contribution in [3.63, 3.8) is 0 Å². The van der Waals surface area contributed by atoms with Crippen molar-refractivity contribution in [2.24, 2.45) is 0 Å². The van der Waals surface area contributed by atoms with Crippen LogP contribution in [-0.2, 0) is 9.59 Å². The third-order valence-corrected chi connectivity index (χ3v) is 3.06. The molecule has 0 aromatic carbocycles. The molecule has 0 bridgehead atoms. The summed E-state index contributed by atoms with van der Waals surface area (Å²) in [6.07, 6.45) is -0.348. The number of aliphatic hydroxyl groups is 4. The number of pyridine rings is 1. The van der Waals surface area contributed by atoms with Crippen LogP contribution in [0.2, 0.25) is 0 Å². The first kappa shape index (κ1) is 23.6. The van der Waals surface area contributed by atoms with Gasteiger partial charge in [0, 0.05) is 12.4 Å². The lowest BCUT2D eigenvalue weighted by Crippen LogP contribution is -2.49. The monoisotopic (exact) mass is 372 g/mol. The van der Waals surface area contributed by atoms with Crippen LogP contribution in [0, 0.1) is 0 Å². The van der Waals surface area contributed by atoms with E-state index in [0.717, 1.165) is 18.5 Å². The van der Waals surface area contributed by atoms with E-state index in [2.05, 4.69) is 22.5 Å². The first-order valence-corrected chi connectivity index (χ1v) is 7.61. The molecule has 0 aliphatic carbocycles. The topological polar surface area (TPSA) is 180 Å². The third kappa shape index (κ3) is 9.20. The molecule has 0 aliphatic rings. The molecule has 0 spiro atoms. The van der Waals surface area contributed by atoms with Gasteiger partial charge in [0.2, 0.25) is 0 Å². The Morgan fingerprint density at radius 1 is 1.12 bits per heavy atom. The molecule has 4 atom stereocenters. The Labute approximate surface area is 150 Å². The smallest absolute Gasteiger partial charge is 0.335 e. The molecule has 7 N–H and O–H groups in total. The maximum Gasteiger partial charge on any atom is 0.335 e. The maximum atomic E-state index is 10.1. The Balaban J connectivity index is 0.000000485. The fraction of sp³-hybridized carbons (Fsp3) is 0.438. The molecule has 0 saturated heterocycles. The van der Waals surface area contributed by atoms with Crippen LogP contribution in [0.5, 0.6) is 0 Å². The lowest BCUT2D eigenvalue weighted by Gasteiger charge is -2.21. The molecule has 10 heteroatoms. The van der Waals surface area contributed by atoms with Crippen LogP contribution < -0.4 is 5.32 Å². The van der Waals surface area contributed by atoms with E-state index in [1.165, 1.54) is 0 Å². The Kier molecular flexibility index (Phi) is 11.7. The summed E-state index contributed by atoms with van der Waals surface area (Å²) in [7, 11) is 1.96. The molecule has 1 rings (SSSR count). The molecule has 0 aliphatic heterocycles. The summed E-state index contributed by atoms with van der Waals surface area (Å²) >= 11 is 0. The second-order valence-corrected chi connectivity index (χ2v) is 5.13. The third-order valence-electron chi connectivity index (χ3n) is 3.06. The number of carbonyl (C=O) groups is 2. The summed E-state index contributed by atoms with van der Waals surface area (Å²) in [5, 5.41) is 54.5. The van der Waals surface area contributed by atoms with Crippen molar-refractivity contribution < 1.29 is 40.2 Å². The fourth-order valence-electron chi connectivity index (χ4n) is 1.59. The predicted octanol–water partition coefficient (Wildman–Crippen LogP) is -1.70. The Hall–Kier alpha value is -2.37. The highest BCUT2D eigenvalue weighted by atomic mass is 16.4. The Morgan fingerprint density at radius 3 is 2.04 bits per heavy atom. The molecule has 0 amide bonds. The molecular formula is C16H24N2O8. The van der Waals surface area contributed by atoms with Gasteiger partial charge in [-0.3, -0.25) is 4.98 Å². The average molecular weight is 372 g/mol. The van der Waals surface area contributed by atoms with Gasteiger partial charge >= 0.3 is 11.9 Å². The highest BCUT2D eigenvalue weighted by Crippen LogP contribution is 2.05. The predicted molar refractivity (Wildman–Crippen MR) is 91.1 cm³/mol. The largest absolute Gasteiger partial charge is 0.479 e. The number of aromatic nitrogens is 1. The number of nitrogens with one attached hydrogen (secondary N) is 1. The van der Waals surface area contributed by atoms with Gasteiger partial charge in [-0.2, -0.15) is 0 Å². The number of hydrogen-bond acceptors (Lipinski definition) is 8. The van der Waals surface area contributed by atoms with Crippen LogP contribution in [0.3, 0.4) is 0 Å². The molecule has 0 fully saturated rings. The van der Waals surface area contributed by atoms with Crippen LogP contribution in [0.25, 0.3) is 6.08 Å². The molecule has 0 saturated carbocycles. The minimum atomic E-state index is -2.36. The van der Waals surface area contributed by atoms with Gasteiger partial charge in [0.25, 0.3) is 0 Å². The first-order chi connectivity index (χ1) is 12.2. The van der Waals surface area contributed by atoms with E-state index in [1.54, 1.807) is 6.20 Å². The molecule has 1 aromatic heterocycles. The molecule has 146 valence electrons. The van der Waals surface area contributed by atoms with Crippen LogP contribution >= 0.6 is 0 Å². The lowest BCUT2D eigenvalue weighted by molar-refractivity contribution is -0.172. The van der Waals surface area contributed by atoms with Crippen molar-refractivity contribution in [3.8, 4) is 0 Å². The van der Waals surface area contributed by atoms with Crippen molar-refractivity contribution >= 4 is 18.0 Å². The molecule has 0 unspecified atom stereocenters. The number of nitrogens with zero attached hydrogens (tertiary/aromatic N) is 1. The summed E-state index contributed by atoms with van der Waals surface area (Å²) in [5.74, 6) is -3.68. The molecule has 26 heavy (non-hydrogen) atoms. The zero-order chi connectivity index (χ0) is 20.1. The van der Waals surface area contributed by atoms with Crippen LogP contribution in [0.1, 0.15) is 12.0 Å². The number of aliphatic carboxylic acids is 2. The first-order valence-electron chi connectivity index (χ1n) is 7.61. The highest BCUT2D eigenvalue weighted by molar-refractivity contribution is 5.75. The van der Waals surface area contributed by atoms with Crippen LogP contribution in [-0.4, -0.2) is 85.6 Å². The van der Waals surface area contributed by atoms with Gasteiger partial charge in [0.1, 0.15) is 12.2 Å². The van der Waals surface area contributed by atoms with Gasteiger partial charge in [-0.1, -0.05) is 18.2 Å². The summed E-state index contributed by atoms with van der Waals surface area (Å²) in [5.41, 5.74) is 1.16. The van der Waals surface area contributed by atoms with Gasteiger partial charge in [-0.05, 0) is 31.6 Å². The quantitative estimate of drug-likeness (QED) is 0.247. The summed E-state index contributed by atoms with van der Waals surface area (Å²) in [6.45, 7) is 1.02. The fourth-order valence-corrected chi connectivity index (χ4v) is 1.59. The van der Waals surface area contributed by atoms with Gasteiger partial charge < -0.3 is 36.0 Å². The second-order valence-electron chi connectivity index (χ2n) is 5.13. The zero-order valence-corrected chi connectivity index (χ0v) is 14.1. The van der Waals surface area contributed by atoms with Gasteiger partial charge in [0.15, 0.2) is 12.2 Å². The van der Waals surface area contributed by atoms with E-state index >= 15 is 0 Å².